The Morgan fingerprint density at radius 2 is 2.00 bits per heavy atom. The number of hydrogen-bond donors (Lipinski definition) is 1. The number of aryl methyl sites for hydroxylation is 2. The summed E-state index contributed by atoms with van der Waals surface area (Å²) in [6, 6.07) is 9.49. The van der Waals surface area contributed by atoms with Gasteiger partial charge in [0.05, 0.1) is 10.7 Å². The summed E-state index contributed by atoms with van der Waals surface area (Å²) in [5, 5.41) is 4.94. The van der Waals surface area contributed by atoms with Gasteiger partial charge >= 0.3 is 0 Å². The van der Waals surface area contributed by atoms with Gasteiger partial charge in [-0.25, -0.2) is 4.98 Å². The molecule has 112 valence electrons. The Morgan fingerprint density at radius 1 is 1.29 bits per heavy atom. The van der Waals surface area contributed by atoms with Gasteiger partial charge in [-0.05, 0) is 44.4 Å². The first-order valence-electron chi connectivity index (χ1n) is 7.53. The highest BCUT2D eigenvalue weighted by Crippen LogP contribution is 2.27. The van der Waals surface area contributed by atoms with E-state index < -0.39 is 0 Å². The Hall–Kier alpha value is -0.710. The van der Waals surface area contributed by atoms with E-state index in [0.717, 1.165) is 23.5 Å². The number of nitrogens with zero attached hydrogens (tertiary/aromatic N) is 1. The second kappa shape index (κ2) is 6.59. The van der Waals surface area contributed by atoms with E-state index in [0.29, 0.717) is 5.92 Å². The van der Waals surface area contributed by atoms with Gasteiger partial charge in [0.1, 0.15) is 0 Å². The van der Waals surface area contributed by atoms with Gasteiger partial charge in [0.2, 0.25) is 0 Å². The summed E-state index contributed by atoms with van der Waals surface area (Å²) in [5.74, 6) is 0.503. The van der Waals surface area contributed by atoms with Crippen LogP contribution >= 0.6 is 27.3 Å². The summed E-state index contributed by atoms with van der Waals surface area (Å²) in [6.07, 6.45) is 3.70. The Morgan fingerprint density at radius 3 is 2.57 bits per heavy atom. The predicted octanol–water partition coefficient (Wildman–Crippen LogP) is 4.60. The molecule has 0 bridgehead atoms. The lowest BCUT2D eigenvalue weighted by Crippen LogP contribution is -2.24. The van der Waals surface area contributed by atoms with Crippen molar-refractivity contribution < 1.29 is 0 Å². The lowest BCUT2D eigenvalue weighted by Gasteiger charge is -2.17. The SMILES string of the molecule is Cc1nc(CC(CNC2CC2)c2ccc(Br)cc2)sc1C. The van der Waals surface area contributed by atoms with E-state index in [2.05, 4.69) is 59.4 Å². The molecule has 0 amide bonds. The van der Waals surface area contributed by atoms with E-state index in [1.54, 1.807) is 0 Å². The minimum atomic E-state index is 0.503. The fourth-order valence-electron chi connectivity index (χ4n) is 2.48. The monoisotopic (exact) mass is 364 g/mol. The fourth-order valence-corrected chi connectivity index (χ4v) is 3.75. The molecule has 1 heterocycles. The van der Waals surface area contributed by atoms with Crippen molar-refractivity contribution in [2.75, 3.05) is 6.54 Å². The summed E-state index contributed by atoms with van der Waals surface area (Å²) in [7, 11) is 0. The molecule has 1 unspecified atom stereocenters. The number of benzene rings is 1. The summed E-state index contributed by atoms with van der Waals surface area (Å²) in [4.78, 5) is 6.06. The first kappa shape index (κ1) is 15.2. The van der Waals surface area contributed by atoms with Crippen LogP contribution in [0.2, 0.25) is 0 Å². The van der Waals surface area contributed by atoms with Gasteiger partial charge in [0.25, 0.3) is 0 Å². The van der Waals surface area contributed by atoms with Gasteiger partial charge in [0.15, 0.2) is 0 Å². The van der Waals surface area contributed by atoms with Crippen molar-refractivity contribution in [2.24, 2.45) is 0 Å². The Bertz CT molecular complexity index is 582. The quantitative estimate of drug-likeness (QED) is 0.809. The van der Waals surface area contributed by atoms with Crippen LogP contribution in [-0.2, 0) is 6.42 Å². The molecular formula is C17H21BrN2S. The van der Waals surface area contributed by atoms with Crippen LogP contribution in [0.1, 0.15) is 39.9 Å². The Kier molecular flexibility index (Phi) is 4.77. The van der Waals surface area contributed by atoms with E-state index in [9.17, 15) is 0 Å². The second-order valence-corrected chi connectivity index (χ2v) is 8.09. The maximum absolute atomic E-state index is 4.72. The third-order valence-electron chi connectivity index (χ3n) is 4.07. The molecule has 2 aromatic rings. The Labute approximate surface area is 139 Å². The molecule has 4 heteroatoms. The van der Waals surface area contributed by atoms with E-state index in [1.807, 2.05) is 11.3 Å². The molecule has 1 N–H and O–H groups in total. The maximum atomic E-state index is 4.72. The molecule has 1 aliphatic carbocycles. The third kappa shape index (κ3) is 4.15. The molecule has 1 saturated carbocycles. The molecule has 0 radical (unpaired) electrons. The van der Waals surface area contributed by atoms with E-state index in [4.69, 9.17) is 4.98 Å². The molecule has 0 saturated heterocycles. The molecule has 1 aromatic carbocycles. The number of rotatable bonds is 6. The van der Waals surface area contributed by atoms with Crippen LogP contribution in [0.15, 0.2) is 28.7 Å². The molecule has 2 nitrogen and oxygen atoms in total. The average molecular weight is 365 g/mol. The van der Waals surface area contributed by atoms with Crippen molar-refractivity contribution in [2.45, 2.75) is 45.1 Å². The van der Waals surface area contributed by atoms with Crippen molar-refractivity contribution in [3.8, 4) is 0 Å². The minimum Gasteiger partial charge on any atom is -0.313 e. The van der Waals surface area contributed by atoms with Crippen molar-refractivity contribution in [3.63, 3.8) is 0 Å². The number of aromatic nitrogens is 1. The van der Waals surface area contributed by atoms with Crippen molar-refractivity contribution in [1.82, 2.24) is 10.3 Å². The van der Waals surface area contributed by atoms with Gasteiger partial charge in [-0.2, -0.15) is 0 Å². The normalized spacial score (nSPS) is 16.1. The molecule has 0 aliphatic heterocycles. The molecular weight excluding hydrogens is 344 g/mol. The van der Waals surface area contributed by atoms with Crippen molar-refractivity contribution >= 4 is 27.3 Å². The van der Waals surface area contributed by atoms with Gasteiger partial charge < -0.3 is 5.32 Å². The smallest absolute Gasteiger partial charge is 0.0937 e. The summed E-state index contributed by atoms with van der Waals surface area (Å²) >= 11 is 5.36. The highest BCUT2D eigenvalue weighted by molar-refractivity contribution is 9.10. The topological polar surface area (TPSA) is 24.9 Å². The minimum absolute atomic E-state index is 0.503. The zero-order valence-electron chi connectivity index (χ0n) is 12.5. The fraction of sp³-hybridized carbons (Fsp3) is 0.471. The molecule has 1 aromatic heterocycles. The summed E-state index contributed by atoms with van der Waals surface area (Å²) in [5.41, 5.74) is 2.58. The standard InChI is InChI=1S/C17H21BrN2S/c1-11-12(2)21-17(20-11)9-14(10-19-16-7-8-16)13-3-5-15(18)6-4-13/h3-6,14,16,19H,7-10H2,1-2H3. The molecule has 21 heavy (non-hydrogen) atoms. The van der Waals surface area contributed by atoms with Gasteiger partial charge in [-0.1, -0.05) is 28.1 Å². The maximum Gasteiger partial charge on any atom is 0.0937 e. The van der Waals surface area contributed by atoms with Crippen LogP contribution in [0.25, 0.3) is 0 Å². The van der Waals surface area contributed by atoms with Crippen LogP contribution in [0.4, 0.5) is 0 Å². The van der Waals surface area contributed by atoms with Gasteiger partial charge in [-0.15, -0.1) is 11.3 Å². The third-order valence-corrected chi connectivity index (χ3v) is 5.69. The van der Waals surface area contributed by atoms with Crippen molar-refractivity contribution in [3.05, 3.63) is 49.9 Å². The Balaban J connectivity index is 1.75. The molecule has 1 atom stereocenters. The van der Waals surface area contributed by atoms with Gasteiger partial charge in [0, 0.05) is 34.3 Å². The van der Waals surface area contributed by atoms with Crippen LogP contribution in [0.3, 0.4) is 0 Å². The zero-order valence-corrected chi connectivity index (χ0v) is 14.9. The van der Waals surface area contributed by atoms with Gasteiger partial charge in [-0.3, -0.25) is 0 Å². The first-order valence-corrected chi connectivity index (χ1v) is 9.14. The lowest BCUT2D eigenvalue weighted by molar-refractivity contribution is 0.576. The first-order chi connectivity index (χ1) is 10.1. The van der Waals surface area contributed by atoms with Crippen LogP contribution < -0.4 is 5.32 Å². The number of hydrogen-bond acceptors (Lipinski definition) is 3. The van der Waals surface area contributed by atoms with Crippen molar-refractivity contribution in [1.29, 1.82) is 0 Å². The van der Waals surface area contributed by atoms with E-state index in [1.165, 1.54) is 34.0 Å². The highest BCUT2D eigenvalue weighted by atomic mass is 79.9. The van der Waals surface area contributed by atoms with Crippen LogP contribution in [0, 0.1) is 13.8 Å². The summed E-state index contributed by atoms with van der Waals surface area (Å²) < 4.78 is 1.14. The number of thiazole rings is 1. The largest absolute Gasteiger partial charge is 0.313 e. The molecule has 3 rings (SSSR count). The summed E-state index contributed by atoms with van der Waals surface area (Å²) in [6.45, 7) is 5.31. The molecule has 0 spiro atoms. The van der Waals surface area contributed by atoms with Crippen LogP contribution in [0.5, 0.6) is 0 Å². The predicted molar refractivity (Wildman–Crippen MR) is 93.2 cm³/mol. The highest BCUT2D eigenvalue weighted by Gasteiger charge is 2.23. The number of halogens is 1. The number of nitrogens with one attached hydrogen (secondary N) is 1. The molecule has 1 aliphatic rings. The zero-order chi connectivity index (χ0) is 14.8. The average Bonchev–Trinajstić information content (AvgIpc) is 3.23. The van der Waals surface area contributed by atoms with E-state index in [-0.39, 0.29) is 0 Å². The second-order valence-electron chi connectivity index (χ2n) is 5.88. The lowest BCUT2D eigenvalue weighted by atomic mass is 9.96. The van der Waals surface area contributed by atoms with E-state index >= 15 is 0 Å². The van der Waals surface area contributed by atoms with Crippen LogP contribution in [-0.4, -0.2) is 17.6 Å². The molecule has 1 fully saturated rings.